The number of hydrogen-bond donors (Lipinski definition) is 1. The summed E-state index contributed by atoms with van der Waals surface area (Å²) in [6.45, 7) is 6.07. The first-order chi connectivity index (χ1) is 8.06. The van der Waals surface area contributed by atoms with Gasteiger partial charge in [0, 0.05) is 5.54 Å². The SMILES string of the molecule is CCc1ncnc(OCC(N)(CC)CC)c1F. The van der Waals surface area contributed by atoms with Crippen LogP contribution in [0.5, 0.6) is 5.88 Å². The Labute approximate surface area is 101 Å². The quantitative estimate of drug-likeness (QED) is 0.828. The zero-order valence-corrected chi connectivity index (χ0v) is 10.7. The molecule has 0 saturated heterocycles. The van der Waals surface area contributed by atoms with Gasteiger partial charge >= 0.3 is 0 Å². The predicted octanol–water partition coefficient (Wildman–Crippen LogP) is 2.07. The van der Waals surface area contributed by atoms with Gasteiger partial charge in [-0.1, -0.05) is 20.8 Å². The average molecular weight is 241 g/mol. The molecule has 1 rings (SSSR count). The lowest BCUT2D eigenvalue weighted by molar-refractivity contribution is 0.192. The maximum absolute atomic E-state index is 13.8. The van der Waals surface area contributed by atoms with Crippen LogP contribution in [0.2, 0.25) is 0 Å². The summed E-state index contributed by atoms with van der Waals surface area (Å²) in [5.41, 5.74) is 6.01. The van der Waals surface area contributed by atoms with E-state index in [1.807, 2.05) is 20.8 Å². The molecule has 5 heteroatoms. The van der Waals surface area contributed by atoms with Crippen molar-refractivity contribution < 1.29 is 9.13 Å². The topological polar surface area (TPSA) is 61.0 Å². The molecule has 0 aromatic carbocycles. The summed E-state index contributed by atoms with van der Waals surface area (Å²) in [5, 5.41) is 0. The molecule has 0 aliphatic rings. The molecule has 0 fully saturated rings. The van der Waals surface area contributed by atoms with Crippen LogP contribution in [0.25, 0.3) is 0 Å². The Morgan fingerprint density at radius 3 is 2.47 bits per heavy atom. The third-order valence-corrected chi connectivity index (χ3v) is 3.07. The van der Waals surface area contributed by atoms with Crippen LogP contribution in [0.15, 0.2) is 6.33 Å². The zero-order valence-electron chi connectivity index (χ0n) is 10.7. The van der Waals surface area contributed by atoms with Crippen LogP contribution in [0, 0.1) is 5.82 Å². The van der Waals surface area contributed by atoms with E-state index in [4.69, 9.17) is 10.5 Å². The second-order valence-corrected chi connectivity index (χ2v) is 4.15. The summed E-state index contributed by atoms with van der Waals surface area (Å²) in [5.74, 6) is -0.488. The van der Waals surface area contributed by atoms with E-state index < -0.39 is 11.4 Å². The van der Waals surface area contributed by atoms with Crippen molar-refractivity contribution in [2.45, 2.75) is 45.6 Å². The van der Waals surface area contributed by atoms with Gasteiger partial charge in [-0.05, 0) is 19.3 Å². The van der Waals surface area contributed by atoms with Gasteiger partial charge in [0.2, 0.25) is 5.82 Å². The van der Waals surface area contributed by atoms with E-state index >= 15 is 0 Å². The Morgan fingerprint density at radius 2 is 1.94 bits per heavy atom. The predicted molar refractivity (Wildman–Crippen MR) is 64.4 cm³/mol. The van der Waals surface area contributed by atoms with Crippen molar-refractivity contribution in [1.29, 1.82) is 0 Å². The highest BCUT2D eigenvalue weighted by Gasteiger charge is 2.22. The molecule has 2 N–H and O–H groups in total. The number of aryl methyl sites for hydroxylation is 1. The van der Waals surface area contributed by atoms with Gasteiger partial charge in [0.05, 0.1) is 5.69 Å². The summed E-state index contributed by atoms with van der Waals surface area (Å²) >= 11 is 0. The van der Waals surface area contributed by atoms with Crippen molar-refractivity contribution in [1.82, 2.24) is 9.97 Å². The highest BCUT2D eigenvalue weighted by Crippen LogP contribution is 2.18. The maximum Gasteiger partial charge on any atom is 0.253 e. The monoisotopic (exact) mass is 241 g/mol. The van der Waals surface area contributed by atoms with E-state index in [1.54, 1.807) is 0 Å². The Balaban J connectivity index is 2.76. The smallest absolute Gasteiger partial charge is 0.253 e. The molecule has 4 nitrogen and oxygen atoms in total. The zero-order chi connectivity index (χ0) is 12.9. The number of rotatable bonds is 6. The lowest BCUT2D eigenvalue weighted by Crippen LogP contribution is -2.44. The molecule has 1 heterocycles. The highest BCUT2D eigenvalue weighted by atomic mass is 19.1. The standard InChI is InChI=1S/C12H20FN3O/c1-4-9-10(13)11(16-8-15-9)17-7-12(14,5-2)6-3/h8H,4-7,14H2,1-3H3. The van der Waals surface area contributed by atoms with Crippen molar-refractivity contribution in [3.63, 3.8) is 0 Å². The molecular weight excluding hydrogens is 221 g/mol. The first-order valence-electron chi connectivity index (χ1n) is 5.97. The highest BCUT2D eigenvalue weighted by molar-refractivity contribution is 5.17. The summed E-state index contributed by atoms with van der Waals surface area (Å²) < 4.78 is 19.1. The van der Waals surface area contributed by atoms with Gasteiger partial charge in [-0.2, -0.15) is 9.37 Å². The molecule has 0 aliphatic carbocycles. The van der Waals surface area contributed by atoms with Gasteiger partial charge in [-0.15, -0.1) is 0 Å². The number of halogens is 1. The molecule has 0 amide bonds. The summed E-state index contributed by atoms with van der Waals surface area (Å²) in [6.07, 6.45) is 3.38. The van der Waals surface area contributed by atoms with Gasteiger partial charge in [0.25, 0.3) is 5.88 Å². The second kappa shape index (κ2) is 5.91. The molecule has 0 aliphatic heterocycles. The summed E-state index contributed by atoms with van der Waals surface area (Å²) in [6, 6.07) is 0. The first kappa shape index (κ1) is 13.8. The van der Waals surface area contributed by atoms with E-state index in [0.29, 0.717) is 12.1 Å². The number of aromatic nitrogens is 2. The molecule has 0 atom stereocenters. The molecule has 0 unspecified atom stereocenters. The molecule has 0 saturated carbocycles. The third-order valence-electron chi connectivity index (χ3n) is 3.07. The van der Waals surface area contributed by atoms with E-state index in [0.717, 1.165) is 12.8 Å². The fraction of sp³-hybridized carbons (Fsp3) is 0.667. The van der Waals surface area contributed by atoms with Gasteiger partial charge in [0.1, 0.15) is 12.9 Å². The van der Waals surface area contributed by atoms with Crippen molar-refractivity contribution in [2.75, 3.05) is 6.61 Å². The molecule has 96 valence electrons. The summed E-state index contributed by atoms with van der Waals surface area (Å²) in [7, 11) is 0. The molecule has 0 spiro atoms. The summed E-state index contributed by atoms with van der Waals surface area (Å²) in [4.78, 5) is 7.64. The van der Waals surface area contributed by atoms with Gasteiger partial charge in [-0.25, -0.2) is 4.98 Å². The van der Waals surface area contributed by atoms with Crippen molar-refractivity contribution in [2.24, 2.45) is 5.73 Å². The van der Waals surface area contributed by atoms with Gasteiger partial charge in [0.15, 0.2) is 0 Å². The normalized spacial score (nSPS) is 11.6. The largest absolute Gasteiger partial charge is 0.474 e. The minimum atomic E-state index is -0.482. The first-order valence-corrected chi connectivity index (χ1v) is 5.97. The van der Waals surface area contributed by atoms with E-state index in [9.17, 15) is 4.39 Å². The second-order valence-electron chi connectivity index (χ2n) is 4.15. The van der Waals surface area contributed by atoms with Crippen LogP contribution in [0.3, 0.4) is 0 Å². The van der Waals surface area contributed by atoms with Crippen LogP contribution in [-0.2, 0) is 6.42 Å². The number of ether oxygens (including phenoxy) is 1. The lowest BCUT2D eigenvalue weighted by Gasteiger charge is -2.26. The Morgan fingerprint density at radius 1 is 1.29 bits per heavy atom. The maximum atomic E-state index is 13.8. The van der Waals surface area contributed by atoms with Crippen LogP contribution in [-0.4, -0.2) is 22.1 Å². The Kier molecular flexibility index (Phi) is 4.81. The Bertz CT molecular complexity index is 367. The van der Waals surface area contributed by atoms with Gasteiger partial charge in [-0.3, -0.25) is 0 Å². The van der Waals surface area contributed by atoms with E-state index in [2.05, 4.69) is 9.97 Å². The molecule has 1 aromatic rings. The van der Waals surface area contributed by atoms with E-state index in [1.165, 1.54) is 6.33 Å². The molecule has 0 radical (unpaired) electrons. The van der Waals surface area contributed by atoms with Crippen LogP contribution in [0.4, 0.5) is 4.39 Å². The molecular formula is C12H20FN3O. The molecule has 1 aromatic heterocycles. The van der Waals surface area contributed by atoms with E-state index in [-0.39, 0.29) is 12.5 Å². The van der Waals surface area contributed by atoms with Gasteiger partial charge < -0.3 is 10.5 Å². The van der Waals surface area contributed by atoms with Crippen LogP contribution >= 0.6 is 0 Å². The number of nitrogens with zero attached hydrogens (tertiary/aromatic N) is 2. The van der Waals surface area contributed by atoms with Crippen molar-refractivity contribution >= 4 is 0 Å². The third kappa shape index (κ3) is 3.36. The minimum Gasteiger partial charge on any atom is -0.474 e. The van der Waals surface area contributed by atoms with Crippen molar-refractivity contribution in [3.05, 3.63) is 17.8 Å². The molecule has 17 heavy (non-hydrogen) atoms. The number of hydrogen-bond acceptors (Lipinski definition) is 4. The minimum absolute atomic E-state index is 0.00595. The number of nitrogens with two attached hydrogens (primary N) is 1. The molecule has 0 bridgehead atoms. The fourth-order valence-corrected chi connectivity index (χ4v) is 1.40. The van der Waals surface area contributed by atoms with Crippen LogP contribution < -0.4 is 10.5 Å². The average Bonchev–Trinajstić information content (AvgIpc) is 2.37. The van der Waals surface area contributed by atoms with Crippen molar-refractivity contribution in [3.8, 4) is 5.88 Å². The Hall–Kier alpha value is -1.23. The fourth-order valence-electron chi connectivity index (χ4n) is 1.40. The lowest BCUT2D eigenvalue weighted by atomic mass is 9.96. The van der Waals surface area contributed by atoms with Crippen LogP contribution in [0.1, 0.15) is 39.3 Å².